The van der Waals surface area contributed by atoms with Gasteiger partial charge in [-0.1, -0.05) is 19.9 Å². The van der Waals surface area contributed by atoms with E-state index in [0.717, 1.165) is 12.6 Å². The third-order valence-corrected chi connectivity index (χ3v) is 4.21. The largest absolute Gasteiger partial charge is 0.368 e. The third kappa shape index (κ3) is 3.01. The summed E-state index contributed by atoms with van der Waals surface area (Å²) >= 11 is 1.80. The van der Waals surface area contributed by atoms with Crippen LogP contribution < -0.4 is 10.6 Å². The molecule has 3 heteroatoms. The molecule has 2 N–H and O–H groups in total. The summed E-state index contributed by atoms with van der Waals surface area (Å²) in [6, 6.07) is 7.32. The van der Waals surface area contributed by atoms with Crippen LogP contribution >= 0.6 is 11.8 Å². The molecule has 1 aromatic rings. The van der Waals surface area contributed by atoms with Crippen molar-refractivity contribution in [1.82, 2.24) is 0 Å². The number of nitrogens with zero attached hydrogens (tertiary/aromatic N) is 1. The fourth-order valence-electron chi connectivity index (χ4n) is 2.44. The van der Waals surface area contributed by atoms with Gasteiger partial charge < -0.3 is 10.6 Å². The maximum Gasteiger partial charge on any atom is 0.0425 e. The highest BCUT2D eigenvalue weighted by Gasteiger charge is 2.30. The summed E-state index contributed by atoms with van der Waals surface area (Å²) < 4.78 is 0. The Morgan fingerprint density at radius 3 is 2.61 bits per heavy atom. The van der Waals surface area contributed by atoms with Crippen LogP contribution in [0.25, 0.3) is 0 Å². The molecule has 1 fully saturated rings. The summed E-state index contributed by atoms with van der Waals surface area (Å²) in [4.78, 5) is 3.90. The number of nitrogens with two attached hydrogens (primary N) is 1. The highest BCUT2D eigenvalue weighted by Crippen LogP contribution is 2.37. The molecule has 1 aromatic carbocycles. The minimum Gasteiger partial charge on any atom is -0.368 e. The molecule has 0 spiro atoms. The van der Waals surface area contributed by atoms with Crippen molar-refractivity contribution in [2.75, 3.05) is 17.7 Å². The SMILES string of the molecule is CSc1cccc(N(CC(C)C)C2CC2)c1CN. The Morgan fingerprint density at radius 2 is 2.11 bits per heavy atom. The van der Waals surface area contributed by atoms with E-state index in [2.05, 4.69) is 43.2 Å². The molecular formula is C15H24N2S. The van der Waals surface area contributed by atoms with Crippen LogP contribution in [-0.4, -0.2) is 18.8 Å². The van der Waals surface area contributed by atoms with E-state index < -0.39 is 0 Å². The van der Waals surface area contributed by atoms with E-state index >= 15 is 0 Å². The number of benzene rings is 1. The first-order chi connectivity index (χ1) is 8.67. The molecule has 0 radical (unpaired) electrons. The minimum absolute atomic E-state index is 0.633. The number of hydrogen-bond acceptors (Lipinski definition) is 3. The first kappa shape index (κ1) is 13.8. The van der Waals surface area contributed by atoms with E-state index in [9.17, 15) is 0 Å². The van der Waals surface area contributed by atoms with Gasteiger partial charge in [-0.2, -0.15) is 0 Å². The average Bonchev–Trinajstić information content (AvgIpc) is 3.18. The summed E-state index contributed by atoms with van der Waals surface area (Å²) in [6.07, 6.45) is 4.79. The Bertz CT molecular complexity index is 399. The van der Waals surface area contributed by atoms with Crippen LogP contribution in [0.2, 0.25) is 0 Å². The lowest BCUT2D eigenvalue weighted by Crippen LogP contribution is -2.31. The van der Waals surface area contributed by atoms with Crippen LogP contribution in [0.1, 0.15) is 32.3 Å². The third-order valence-electron chi connectivity index (χ3n) is 3.39. The maximum absolute atomic E-state index is 5.98. The van der Waals surface area contributed by atoms with Crippen molar-refractivity contribution < 1.29 is 0 Å². The van der Waals surface area contributed by atoms with Gasteiger partial charge in [0, 0.05) is 35.3 Å². The fraction of sp³-hybridized carbons (Fsp3) is 0.600. The Balaban J connectivity index is 2.34. The zero-order valence-corrected chi connectivity index (χ0v) is 12.5. The second-order valence-electron chi connectivity index (χ2n) is 5.44. The Morgan fingerprint density at radius 1 is 1.39 bits per heavy atom. The molecule has 0 amide bonds. The second kappa shape index (κ2) is 5.98. The van der Waals surface area contributed by atoms with Gasteiger partial charge in [0.25, 0.3) is 0 Å². The normalized spacial score (nSPS) is 15.2. The van der Waals surface area contributed by atoms with Gasteiger partial charge in [0.15, 0.2) is 0 Å². The van der Waals surface area contributed by atoms with Crippen molar-refractivity contribution in [1.29, 1.82) is 0 Å². The van der Waals surface area contributed by atoms with Gasteiger partial charge in [-0.3, -0.25) is 0 Å². The van der Waals surface area contributed by atoms with Crippen molar-refractivity contribution in [2.24, 2.45) is 11.7 Å². The first-order valence-corrected chi connectivity index (χ1v) is 8.02. The molecule has 2 rings (SSSR count). The molecule has 0 aromatic heterocycles. The van der Waals surface area contributed by atoms with Crippen molar-refractivity contribution in [3.8, 4) is 0 Å². The average molecular weight is 264 g/mol. The standard InChI is InChI=1S/C15H24N2S/c1-11(2)10-17(12-7-8-12)14-5-4-6-15(18-3)13(14)9-16/h4-6,11-12H,7-10,16H2,1-3H3. The van der Waals surface area contributed by atoms with Gasteiger partial charge in [0.1, 0.15) is 0 Å². The molecule has 0 atom stereocenters. The fourth-order valence-corrected chi connectivity index (χ4v) is 3.09. The molecular weight excluding hydrogens is 240 g/mol. The number of thioether (sulfide) groups is 1. The van der Waals surface area contributed by atoms with E-state index in [1.807, 2.05) is 0 Å². The zero-order valence-electron chi connectivity index (χ0n) is 11.6. The van der Waals surface area contributed by atoms with Crippen LogP contribution in [0.15, 0.2) is 23.1 Å². The van der Waals surface area contributed by atoms with Gasteiger partial charge in [-0.25, -0.2) is 0 Å². The van der Waals surface area contributed by atoms with Crippen LogP contribution in [0.3, 0.4) is 0 Å². The van der Waals surface area contributed by atoms with Crippen molar-refractivity contribution >= 4 is 17.4 Å². The summed E-state index contributed by atoms with van der Waals surface area (Å²) in [6.45, 7) is 6.34. The van der Waals surface area contributed by atoms with Gasteiger partial charge in [0.05, 0.1) is 0 Å². The smallest absolute Gasteiger partial charge is 0.0425 e. The Hall–Kier alpha value is -0.670. The molecule has 100 valence electrons. The summed E-state index contributed by atoms with van der Waals surface area (Å²) in [7, 11) is 0. The highest BCUT2D eigenvalue weighted by molar-refractivity contribution is 7.98. The van der Waals surface area contributed by atoms with Crippen molar-refractivity contribution in [2.45, 2.75) is 44.2 Å². The molecule has 0 saturated heterocycles. The Kier molecular flexibility index (Phi) is 4.57. The molecule has 1 aliphatic rings. The van der Waals surface area contributed by atoms with E-state index in [0.29, 0.717) is 12.5 Å². The second-order valence-corrected chi connectivity index (χ2v) is 6.29. The van der Waals surface area contributed by atoms with E-state index in [4.69, 9.17) is 5.73 Å². The van der Waals surface area contributed by atoms with Gasteiger partial charge in [0.2, 0.25) is 0 Å². The molecule has 0 bridgehead atoms. The van der Waals surface area contributed by atoms with E-state index in [1.165, 1.54) is 29.0 Å². The summed E-state index contributed by atoms with van der Waals surface area (Å²) in [5.41, 5.74) is 8.65. The van der Waals surface area contributed by atoms with Gasteiger partial charge >= 0.3 is 0 Å². The molecule has 0 heterocycles. The molecule has 0 aliphatic heterocycles. The molecule has 1 aliphatic carbocycles. The lowest BCUT2D eigenvalue weighted by atomic mass is 10.1. The predicted octanol–water partition coefficient (Wildman–Crippen LogP) is 3.49. The lowest BCUT2D eigenvalue weighted by Gasteiger charge is -2.29. The molecule has 1 saturated carbocycles. The Labute approximate surface area is 115 Å². The monoisotopic (exact) mass is 264 g/mol. The maximum atomic E-state index is 5.98. The van der Waals surface area contributed by atoms with Crippen LogP contribution in [-0.2, 0) is 6.54 Å². The van der Waals surface area contributed by atoms with E-state index in [1.54, 1.807) is 11.8 Å². The molecule has 2 nitrogen and oxygen atoms in total. The van der Waals surface area contributed by atoms with Crippen LogP contribution in [0.4, 0.5) is 5.69 Å². The van der Waals surface area contributed by atoms with Crippen LogP contribution in [0.5, 0.6) is 0 Å². The zero-order chi connectivity index (χ0) is 13.1. The molecule has 0 unspecified atom stereocenters. The van der Waals surface area contributed by atoms with Crippen molar-refractivity contribution in [3.63, 3.8) is 0 Å². The minimum atomic E-state index is 0.633. The van der Waals surface area contributed by atoms with Crippen LogP contribution in [0, 0.1) is 5.92 Å². The highest BCUT2D eigenvalue weighted by atomic mass is 32.2. The van der Waals surface area contributed by atoms with E-state index in [-0.39, 0.29) is 0 Å². The lowest BCUT2D eigenvalue weighted by molar-refractivity contribution is 0.605. The van der Waals surface area contributed by atoms with Gasteiger partial charge in [-0.15, -0.1) is 11.8 Å². The topological polar surface area (TPSA) is 29.3 Å². The first-order valence-electron chi connectivity index (χ1n) is 6.80. The predicted molar refractivity (Wildman–Crippen MR) is 81.3 cm³/mol. The van der Waals surface area contributed by atoms with Gasteiger partial charge in [-0.05, 0) is 37.1 Å². The van der Waals surface area contributed by atoms with Crippen molar-refractivity contribution in [3.05, 3.63) is 23.8 Å². The summed E-state index contributed by atoms with van der Waals surface area (Å²) in [5, 5.41) is 0. The number of hydrogen-bond donors (Lipinski definition) is 1. The quantitative estimate of drug-likeness (QED) is 0.798. The summed E-state index contributed by atoms with van der Waals surface area (Å²) in [5.74, 6) is 0.689. The number of rotatable bonds is 6. The number of anilines is 1. The molecule has 18 heavy (non-hydrogen) atoms.